The van der Waals surface area contributed by atoms with E-state index in [1.54, 1.807) is 0 Å². The Morgan fingerprint density at radius 2 is 0.493 bits per heavy atom. The fraction of sp³-hybridized carbons (Fsp3) is 0.111. The molecular weight excluding hydrogens is 821 g/mol. The zero-order valence-electron chi connectivity index (χ0n) is 37.2. The van der Waals surface area contributed by atoms with Gasteiger partial charge in [0.25, 0.3) is 0 Å². The number of hydrogen-bond donors (Lipinski definition) is 2. The summed E-state index contributed by atoms with van der Waals surface area (Å²) < 4.78 is 14.8. The molecular formula is C63H46O4. The second kappa shape index (κ2) is 14.8. The Labute approximate surface area is 387 Å². The molecule has 67 heavy (non-hydrogen) atoms. The molecule has 0 saturated carbocycles. The molecule has 1 saturated heterocycles. The summed E-state index contributed by atoms with van der Waals surface area (Å²) in [5, 5.41) is 45.9. The molecule has 12 aromatic rings. The minimum Gasteiger partial charge on any atom is -0.377 e. The molecule has 0 aliphatic carbocycles. The second-order valence-electron chi connectivity index (χ2n) is 18.8. The largest absolute Gasteiger partial charge is 0.377 e. The van der Waals surface area contributed by atoms with E-state index < -0.39 is 29.2 Å². The molecule has 1 aliphatic heterocycles. The minimum atomic E-state index is -1.96. The van der Waals surface area contributed by atoms with E-state index in [2.05, 4.69) is 170 Å². The topological polar surface area (TPSA) is 58.9 Å². The first kappa shape index (κ1) is 39.9. The number of hydrogen-bond acceptors (Lipinski definition) is 4. The first-order valence-electron chi connectivity index (χ1n) is 23.2. The Kier molecular flexibility index (Phi) is 8.80. The fourth-order valence-corrected chi connectivity index (χ4v) is 11.8. The summed E-state index contributed by atoms with van der Waals surface area (Å²) in [6.45, 7) is 3.80. The van der Waals surface area contributed by atoms with Crippen molar-refractivity contribution in [2.45, 2.75) is 43.0 Å². The van der Waals surface area contributed by atoms with Gasteiger partial charge in [0, 0.05) is 0 Å². The zero-order chi connectivity index (χ0) is 45.1. The first-order valence-corrected chi connectivity index (χ1v) is 23.2. The Bertz CT molecular complexity index is 3480. The number of fused-ring (bicyclic) bond motifs is 12. The van der Waals surface area contributed by atoms with Gasteiger partial charge in [-0.3, -0.25) is 0 Å². The molecule has 2 N–H and O–H groups in total. The predicted molar refractivity (Wildman–Crippen MR) is 276 cm³/mol. The van der Waals surface area contributed by atoms with E-state index in [1.807, 2.05) is 62.4 Å². The van der Waals surface area contributed by atoms with Gasteiger partial charge in [-0.2, -0.15) is 0 Å². The van der Waals surface area contributed by atoms with E-state index >= 15 is 10.2 Å². The third-order valence-corrected chi connectivity index (χ3v) is 14.6. The van der Waals surface area contributed by atoms with Crippen LogP contribution in [0, 0.1) is 0 Å². The lowest BCUT2D eigenvalue weighted by Crippen LogP contribution is -2.55. The Morgan fingerprint density at radius 1 is 0.299 bits per heavy atom. The summed E-state index contributed by atoms with van der Waals surface area (Å²) in [7, 11) is 0. The van der Waals surface area contributed by atoms with Crippen LogP contribution in [0.4, 0.5) is 0 Å². The van der Waals surface area contributed by atoms with E-state index in [0.29, 0.717) is 22.3 Å². The van der Waals surface area contributed by atoms with Crippen LogP contribution >= 0.6 is 0 Å². The molecule has 0 spiro atoms. The third-order valence-electron chi connectivity index (χ3n) is 14.6. The van der Waals surface area contributed by atoms with Gasteiger partial charge in [0.1, 0.15) is 23.4 Å². The molecule has 0 radical (unpaired) electrons. The summed E-state index contributed by atoms with van der Waals surface area (Å²) in [6, 6.07) is 75.2. The highest BCUT2D eigenvalue weighted by Crippen LogP contribution is 2.56. The third kappa shape index (κ3) is 5.88. The molecule has 322 valence electrons. The number of aliphatic hydroxyl groups is 2. The van der Waals surface area contributed by atoms with Crippen LogP contribution in [0.1, 0.15) is 36.1 Å². The summed E-state index contributed by atoms with van der Waals surface area (Å²) in [6.07, 6.45) is -2.42. The maximum Gasteiger partial charge on any atom is 0.164 e. The highest BCUT2D eigenvalue weighted by Gasteiger charge is 2.62. The van der Waals surface area contributed by atoms with Gasteiger partial charge in [-0.15, -0.1) is 0 Å². The molecule has 0 unspecified atom stereocenters. The molecule has 0 aromatic heterocycles. The van der Waals surface area contributed by atoms with Crippen molar-refractivity contribution >= 4 is 86.2 Å². The van der Waals surface area contributed by atoms with Crippen molar-refractivity contribution < 1.29 is 19.7 Å². The quantitative estimate of drug-likeness (QED) is 0.164. The molecule has 12 aromatic carbocycles. The molecule has 0 bridgehead atoms. The SMILES string of the molecule is CC1(C)O[C@@H](C(O)(c2cc3ccccc3c3ccccc23)c2cc3ccccc3c3ccccc23)[C@H](C(O)(c2cc3ccccc3c3ccccc23)c2cc3ccccc3c3ccccc23)O1. The molecule has 0 amide bonds. The summed E-state index contributed by atoms with van der Waals surface area (Å²) >= 11 is 0. The van der Waals surface area contributed by atoms with Gasteiger partial charge in [0.15, 0.2) is 5.79 Å². The molecule has 1 heterocycles. The number of ether oxygens (including phenoxy) is 2. The monoisotopic (exact) mass is 866 g/mol. The Morgan fingerprint density at radius 3 is 0.731 bits per heavy atom. The lowest BCUT2D eigenvalue weighted by molar-refractivity contribution is -0.172. The first-order chi connectivity index (χ1) is 32.7. The predicted octanol–water partition coefficient (Wildman–Crippen LogP) is 14.6. The highest BCUT2D eigenvalue weighted by atomic mass is 16.8. The van der Waals surface area contributed by atoms with Crippen LogP contribution in [0.2, 0.25) is 0 Å². The van der Waals surface area contributed by atoms with Gasteiger partial charge < -0.3 is 19.7 Å². The average Bonchev–Trinajstić information content (AvgIpc) is 3.73. The van der Waals surface area contributed by atoms with Crippen LogP contribution in [-0.2, 0) is 20.7 Å². The van der Waals surface area contributed by atoms with Gasteiger partial charge >= 0.3 is 0 Å². The minimum absolute atomic E-state index is 0.660. The summed E-state index contributed by atoms with van der Waals surface area (Å²) in [5.41, 5.74) is -1.28. The standard InChI is InChI=1S/C63H46O4/c1-61(2)66-59(62(64,55-35-39-19-3-7-23-43(39)47-27-11-15-31-51(47)55)56-36-40-20-4-8-24-44(40)48-28-12-16-32-52(48)56)60(67-61)63(65,57-37-41-21-5-9-25-45(41)49-29-13-17-33-53(49)57)58-38-42-22-6-10-26-46(42)50-30-14-18-34-54(50)58/h3-38,59-60,64-65H,1-2H3/t59-,60-/m1/s1. The van der Waals surface area contributed by atoms with Crippen LogP contribution in [0.5, 0.6) is 0 Å². The number of rotatable bonds is 6. The van der Waals surface area contributed by atoms with Gasteiger partial charge in [-0.1, -0.05) is 194 Å². The average molecular weight is 867 g/mol. The summed E-state index contributed by atoms with van der Waals surface area (Å²) in [5.74, 6) is -1.28. The van der Waals surface area contributed by atoms with Gasteiger partial charge in [-0.05, 0) is 147 Å². The fourth-order valence-electron chi connectivity index (χ4n) is 11.8. The smallest absolute Gasteiger partial charge is 0.164 e. The maximum atomic E-state index is 15.1. The van der Waals surface area contributed by atoms with E-state index in [9.17, 15) is 0 Å². The Hall–Kier alpha value is -7.44. The van der Waals surface area contributed by atoms with Gasteiger partial charge in [0.05, 0.1) is 0 Å². The lowest BCUT2D eigenvalue weighted by atomic mass is 9.68. The normalized spacial score (nSPS) is 16.7. The second-order valence-corrected chi connectivity index (χ2v) is 18.8. The van der Waals surface area contributed by atoms with Crippen LogP contribution in [-0.4, -0.2) is 28.2 Å². The van der Waals surface area contributed by atoms with E-state index in [4.69, 9.17) is 9.47 Å². The van der Waals surface area contributed by atoms with E-state index in [-0.39, 0.29) is 0 Å². The molecule has 4 nitrogen and oxygen atoms in total. The molecule has 13 rings (SSSR count). The van der Waals surface area contributed by atoms with Gasteiger partial charge in [0.2, 0.25) is 0 Å². The molecule has 1 aliphatic rings. The molecule has 4 heteroatoms. The van der Waals surface area contributed by atoms with Crippen LogP contribution in [0.15, 0.2) is 218 Å². The molecule has 2 atom stereocenters. The van der Waals surface area contributed by atoms with Crippen molar-refractivity contribution in [2.75, 3.05) is 0 Å². The van der Waals surface area contributed by atoms with Crippen molar-refractivity contribution in [1.29, 1.82) is 0 Å². The number of benzene rings is 12. The van der Waals surface area contributed by atoms with Crippen LogP contribution in [0.25, 0.3) is 86.2 Å². The van der Waals surface area contributed by atoms with Crippen LogP contribution in [0.3, 0.4) is 0 Å². The van der Waals surface area contributed by atoms with Crippen molar-refractivity contribution in [3.05, 3.63) is 241 Å². The van der Waals surface area contributed by atoms with Gasteiger partial charge in [-0.25, -0.2) is 0 Å². The zero-order valence-corrected chi connectivity index (χ0v) is 37.2. The van der Waals surface area contributed by atoms with Crippen molar-refractivity contribution in [3.8, 4) is 0 Å². The van der Waals surface area contributed by atoms with E-state index in [1.165, 1.54) is 0 Å². The van der Waals surface area contributed by atoms with E-state index in [0.717, 1.165) is 86.2 Å². The van der Waals surface area contributed by atoms with Crippen LogP contribution < -0.4 is 0 Å². The highest BCUT2D eigenvalue weighted by molar-refractivity contribution is 6.14. The maximum absolute atomic E-state index is 15.1. The lowest BCUT2D eigenvalue weighted by Gasteiger charge is -2.44. The van der Waals surface area contributed by atoms with Crippen molar-refractivity contribution in [1.82, 2.24) is 0 Å². The Balaban J connectivity index is 1.21. The van der Waals surface area contributed by atoms with Crippen molar-refractivity contribution in [2.24, 2.45) is 0 Å². The van der Waals surface area contributed by atoms with Crippen molar-refractivity contribution in [3.63, 3.8) is 0 Å². The summed E-state index contributed by atoms with van der Waals surface area (Å²) in [4.78, 5) is 0. The molecule has 1 fully saturated rings.